The third-order valence-corrected chi connectivity index (χ3v) is 5.57. The number of anilines is 1. The number of likely N-dealkylation sites (tertiary alicyclic amines) is 1. The number of hydrogen-bond donors (Lipinski definition) is 3. The van der Waals surface area contributed by atoms with Crippen LogP contribution in [0.5, 0.6) is 0 Å². The topological polar surface area (TPSA) is 134 Å². The van der Waals surface area contributed by atoms with Gasteiger partial charge in [-0.2, -0.15) is 5.10 Å². The van der Waals surface area contributed by atoms with Gasteiger partial charge in [0.25, 0.3) is 5.91 Å². The molecule has 10 heteroatoms. The molecule has 9 nitrogen and oxygen atoms in total. The van der Waals surface area contributed by atoms with E-state index in [2.05, 4.69) is 25.1 Å². The van der Waals surface area contributed by atoms with Crippen molar-refractivity contribution in [3.8, 4) is 22.5 Å². The van der Waals surface area contributed by atoms with E-state index in [1.807, 2.05) is 30.3 Å². The largest absolute Gasteiger partial charge is 0.382 e. The average molecular weight is 411 g/mol. The Morgan fingerprint density at radius 2 is 1.90 bits per heavy atom. The summed E-state index contributed by atoms with van der Waals surface area (Å²) in [6, 6.07) is 13.0. The van der Waals surface area contributed by atoms with Crippen LogP contribution in [0.15, 0.2) is 42.5 Å². The average Bonchev–Trinajstić information content (AvgIpc) is 3.36. The summed E-state index contributed by atoms with van der Waals surface area (Å²) < 4.78 is 0. The van der Waals surface area contributed by atoms with Gasteiger partial charge in [0.2, 0.25) is 0 Å². The fraction of sp³-hybridized carbons (Fsp3) is 0.190. The highest BCUT2D eigenvalue weighted by Crippen LogP contribution is 2.34. The van der Waals surface area contributed by atoms with Crippen molar-refractivity contribution >= 4 is 36.3 Å². The molecule has 4 aromatic rings. The van der Waals surface area contributed by atoms with Crippen LogP contribution < -0.4 is 11.5 Å². The van der Waals surface area contributed by atoms with Crippen LogP contribution in [-0.4, -0.2) is 62.5 Å². The lowest BCUT2D eigenvalue weighted by Crippen LogP contribution is -2.36. The minimum absolute atomic E-state index is 0.101. The number of nitrogens with two attached hydrogens (primary N) is 1. The van der Waals surface area contributed by atoms with Crippen molar-refractivity contribution in [1.29, 1.82) is 0 Å². The molecule has 152 valence electrons. The highest BCUT2D eigenvalue weighted by molar-refractivity contribution is 6.29. The van der Waals surface area contributed by atoms with Crippen molar-refractivity contribution < 1.29 is 9.90 Å². The molecular weight excluding hydrogens is 393 g/mol. The van der Waals surface area contributed by atoms with E-state index < -0.39 is 5.60 Å². The highest BCUT2D eigenvalue weighted by Gasteiger charge is 2.46. The summed E-state index contributed by atoms with van der Waals surface area (Å²) in [5.41, 5.74) is 8.88. The number of rotatable bonds is 3. The fourth-order valence-electron chi connectivity index (χ4n) is 3.84. The second-order valence-corrected chi connectivity index (χ2v) is 7.62. The molecule has 4 heterocycles. The Morgan fingerprint density at radius 1 is 1.13 bits per heavy atom. The molecule has 0 bridgehead atoms. The van der Waals surface area contributed by atoms with Crippen LogP contribution in [0.25, 0.3) is 33.5 Å². The molecule has 1 aromatic carbocycles. The zero-order valence-electron chi connectivity index (χ0n) is 16.7. The third kappa shape index (κ3) is 3.12. The van der Waals surface area contributed by atoms with E-state index in [0.29, 0.717) is 41.1 Å². The Balaban J connectivity index is 1.51. The Labute approximate surface area is 178 Å². The van der Waals surface area contributed by atoms with Crippen molar-refractivity contribution in [2.24, 2.45) is 0 Å². The van der Waals surface area contributed by atoms with E-state index in [9.17, 15) is 9.90 Å². The number of fused-ring (bicyclic) bond motifs is 1. The third-order valence-electron chi connectivity index (χ3n) is 5.57. The van der Waals surface area contributed by atoms with Crippen LogP contribution in [0.3, 0.4) is 0 Å². The van der Waals surface area contributed by atoms with E-state index >= 15 is 0 Å². The molecule has 1 fully saturated rings. The maximum Gasteiger partial charge on any atom is 0.260 e. The minimum atomic E-state index is -1.57. The quantitative estimate of drug-likeness (QED) is 0.418. The lowest BCUT2D eigenvalue weighted by Gasteiger charge is -2.18. The Hall–Kier alpha value is -3.79. The first-order chi connectivity index (χ1) is 14.8. The number of nitrogens with one attached hydrogen (secondary N) is 1. The molecule has 1 aliphatic rings. The molecule has 1 atom stereocenters. The smallest absolute Gasteiger partial charge is 0.260 e. The standard InChI is InChI=1S/C21H18BN7O2/c1-29-8-7-21(31,19(29)30)16-10-15(27-28-16)12-4-2-3-11(9-12)13-5-6-14-17(24-13)18(23)26-20(22)25-14/h2-6,9-10,31H,7-8H2,1H3,(H,27,28)(H2,23,25,26). The predicted molar refractivity (Wildman–Crippen MR) is 116 cm³/mol. The summed E-state index contributed by atoms with van der Waals surface area (Å²) in [6.07, 6.45) is 0.318. The number of aliphatic hydroxyl groups is 1. The van der Waals surface area contributed by atoms with Crippen LogP contribution in [0.1, 0.15) is 12.1 Å². The number of benzene rings is 1. The maximum absolute atomic E-state index is 12.4. The van der Waals surface area contributed by atoms with Gasteiger partial charge in [-0.05, 0) is 24.3 Å². The van der Waals surface area contributed by atoms with Gasteiger partial charge < -0.3 is 15.7 Å². The molecule has 5 rings (SSSR count). The van der Waals surface area contributed by atoms with Gasteiger partial charge in [-0.1, -0.05) is 18.2 Å². The van der Waals surface area contributed by atoms with E-state index in [1.165, 1.54) is 4.90 Å². The molecule has 1 unspecified atom stereocenters. The molecule has 1 amide bonds. The van der Waals surface area contributed by atoms with Crippen LogP contribution in [0.4, 0.5) is 5.82 Å². The number of aromatic nitrogens is 5. The molecule has 0 aliphatic carbocycles. The molecule has 0 saturated carbocycles. The van der Waals surface area contributed by atoms with Gasteiger partial charge in [0.15, 0.2) is 19.3 Å². The van der Waals surface area contributed by atoms with Crippen LogP contribution in [-0.2, 0) is 10.4 Å². The van der Waals surface area contributed by atoms with Crippen molar-refractivity contribution in [1.82, 2.24) is 30.0 Å². The van der Waals surface area contributed by atoms with Crippen molar-refractivity contribution in [3.63, 3.8) is 0 Å². The number of hydrogen-bond acceptors (Lipinski definition) is 7. The monoisotopic (exact) mass is 411 g/mol. The van der Waals surface area contributed by atoms with E-state index in [0.717, 1.165) is 11.1 Å². The molecular formula is C21H18BN7O2. The number of nitrogen functional groups attached to an aromatic ring is 1. The number of nitrogens with zero attached hydrogens (tertiary/aromatic N) is 5. The Morgan fingerprint density at radius 3 is 2.65 bits per heavy atom. The van der Waals surface area contributed by atoms with E-state index in [1.54, 1.807) is 19.2 Å². The summed E-state index contributed by atoms with van der Waals surface area (Å²) >= 11 is 0. The summed E-state index contributed by atoms with van der Waals surface area (Å²) in [5.74, 6) is -0.117. The van der Waals surface area contributed by atoms with E-state index in [4.69, 9.17) is 13.6 Å². The molecule has 3 aromatic heterocycles. The van der Waals surface area contributed by atoms with Crippen molar-refractivity contribution in [3.05, 3.63) is 48.2 Å². The van der Waals surface area contributed by atoms with Gasteiger partial charge >= 0.3 is 0 Å². The second-order valence-electron chi connectivity index (χ2n) is 7.62. The van der Waals surface area contributed by atoms with Crippen LogP contribution in [0.2, 0.25) is 0 Å². The lowest BCUT2D eigenvalue weighted by atomic mass is 9.97. The second kappa shape index (κ2) is 6.88. The Bertz CT molecular complexity index is 1340. The van der Waals surface area contributed by atoms with Gasteiger partial charge in [0, 0.05) is 31.1 Å². The van der Waals surface area contributed by atoms with Crippen molar-refractivity contribution in [2.75, 3.05) is 19.3 Å². The predicted octanol–water partition coefficient (Wildman–Crippen LogP) is 0.508. The van der Waals surface area contributed by atoms with E-state index in [-0.39, 0.29) is 17.4 Å². The number of pyridine rings is 1. The molecule has 0 spiro atoms. The summed E-state index contributed by atoms with van der Waals surface area (Å²) in [6.45, 7) is 0.491. The summed E-state index contributed by atoms with van der Waals surface area (Å²) in [4.78, 5) is 26.6. The molecule has 1 aliphatic heterocycles. The van der Waals surface area contributed by atoms with Crippen LogP contribution >= 0.6 is 0 Å². The SMILES string of the molecule is [B]c1nc(N)c2nc(-c3cccc(-c4cc(C5(O)CCN(C)C5=O)[nH]n4)c3)ccc2n1. The zero-order chi connectivity index (χ0) is 21.8. The lowest BCUT2D eigenvalue weighted by molar-refractivity contribution is -0.143. The molecule has 4 N–H and O–H groups in total. The van der Waals surface area contributed by atoms with Gasteiger partial charge in [-0.15, -0.1) is 0 Å². The highest BCUT2D eigenvalue weighted by atomic mass is 16.3. The van der Waals surface area contributed by atoms with Gasteiger partial charge in [0.1, 0.15) is 5.52 Å². The number of likely N-dealkylation sites (N-methyl/N-ethyl adjacent to an activating group) is 1. The molecule has 2 radical (unpaired) electrons. The normalized spacial score (nSPS) is 18.8. The molecule has 31 heavy (non-hydrogen) atoms. The number of carbonyl (C=O) groups excluding carboxylic acids is 1. The zero-order valence-corrected chi connectivity index (χ0v) is 16.7. The van der Waals surface area contributed by atoms with Gasteiger partial charge in [-0.3, -0.25) is 9.89 Å². The first kappa shape index (κ1) is 19.2. The number of H-pyrrole nitrogens is 1. The Kier molecular flexibility index (Phi) is 4.26. The number of aromatic amines is 1. The number of carbonyl (C=O) groups is 1. The first-order valence-electron chi connectivity index (χ1n) is 9.69. The minimum Gasteiger partial charge on any atom is -0.382 e. The van der Waals surface area contributed by atoms with Gasteiger partial charge in [-0.25, -0.2) is 15.0 Å². The first-order valence-corrected chi connectivity index (χ1v) is 9.69. The fourth-order valence-corrected chi connectivity index (χ4v) is 3.84. The number of amides is 1. The van der Waals surface area contributed by atoms with Crippen molar-refractivity contribution in [2.45, 2.75) is 12.0 Å². The summed E-state index contributed by atoms with van der Waals surface area (Å²) in [5, 5.41) is 18.0. The molecule has 1 saturated heterocycles. The van der Waals surface area contributed by atoms with Crippen LogP contribution in [0, 0.1) is 0 Å². The summed E-state index contributed by atoms with van der Waals surface area (Å²) in [7, 11) is 7.32. The maximum atomic E-state index is 12.4. The van der Waals surface area contributed by atoms with Gasteiger partial charge in [0.05, 0.1) is 28.3 Å².